The van der Waals surface area contributed by atoms with Crippen LogP contribution in [0.2, 0.25) is 0 Å². The summed E-state index contributed by atoms with van der Waals surface area (Å²) in [5.41, 5.74) is 0. The van der Waals surface area contributed by atoms with Gasteiger partial charge in [-0.25, -0.2) is 10.1 Å². The fourth-order valence-corrected chi connectivity index (χ4v) is 3.24. The molecule has 2 amide bonds. The molecule has 0 aliphatic rings. The van der Waals surface area contributed by atoms with Gasteiger partial charge in [0, 0.05) is 47.4 Å². The number of carbonyl (C=O) groups is 3. The molecule has 8 nitrogen and oxygen atoms in total. The number of aliphatic hydroxyl groups excluding tert-OH is 1. The van der Waals surface area contributed by atoms with Gasteiger partial charge in [-0.2, -0.15) is 0 Å². The van der Waals surface area contributed by atoms with E-state index >= 15 is 0 Å². The fraction of sp³-hybridized carbons (Fsp3) is 0.864. The minimum absolute atomic E-state index is 0. The molecule has 1 N–H and O–H groups in total. The third kappa shape index (κ3) is 19.1. The van der Waals surface area contributed by atoms with Gasteiger partial charge in [0.05, 0.1) is 14.2 Å². The third-order valence-electron chi connectivity index (χ3n) is 5.16. The Balaban J connectivity index is -0.000000145. The van der Waals surface area contributed by atoms with Crippen LogP contribution in [-0.2, 0) is 24.1 Å². The van der Waals surface area contributed by atoms with Crippen LogP contribution < -0.4 is 29.6 Å². The van der Waals surface area contributed by atoms with Crippen molar-refractivity contribution in [3.8, 4) is 0 Å². The number of aldehydes is 1. The van der Waals surface area contributed by atoms with E-state index in [-0.39, 0.29) is 69.7 Å². The zero-order chi connectivity index (χ0) is 23.7. The molecule has 10 heteroatoms. The minimum Gasteiger partial charge on any atom is -1.00 e. The third-order valence-corrected chi connectivity index (χ3v) is 5.16. The molecule has 0 aromatic rings. The number of hydroxylamine groups is 4. The Hall–Kier alpha value is -0.445. The number of hydrogen-bond donors (Lipinski definition) is 1. The van der Waals surface area contributed by atoms with Crippen molar-refractivity contribution in [1.82, 2.24) is 10.1 Å². The fourth-order valence-electron chi connectivity index (χ4n) is 3.24. The van der Waals surface area contributed by atoms with Gasteiger partial charge in [0.2, 0.25) is 11.8 Å². The average Bonchev–Trinajstić information content (AvgIpc) is 2.74. The maximum Gasteiger partial charge on any atom is 1.00 e. The quantitative estimate of drug-likeness (QED) is 0.217. The summed E-state index contributed by atoms with van der Waals surface area (Å²) in [6.07, 6.45) is 5.74. The Morgan fingerprint density at radius 2 is 1.28 bits per heavy atom. The van der Waals surface area contributed by atoms with E-state index < -0.39 is 0 Å². The molecule has 0 aliphatic heterocycles. The Kier molecular flexibility index (Phi) is 28.7. The van der Waals surface area contributed by atoms with Crippen LogP contribution in [0.25, 0.3) is 0 Å². The number of carbonyl (C=O) groups excluding carboxylic acids is 3. The Morgan fingerprint density at radius 1 is 0.906 bits per heavy atom. The second kappa shape index (κ2) is 23.7. The summed E-state index contributed by atoms with van der Waals surface area (Å²) in [7, 11) is 6.19. The van der Waals surface area contributed by atoms with Gasteiger partial charge in [-0.05, 0) is 43.9 Å². The van der Waals surface area contributed by atoms with Gasteiger partial charge in [-0.1, -0.05) is 27.7 Å². The molecule has 0 spiro atoms. The van der Waals surface area contributed by atoms with Gasteiger partial charge in [-0.15, -0.1) is 0 Å². The maximum atomic E-state index is 11.6. The van der Waals surface area contributed by atoms with E-state index in [1.54, 1.807) is 14.1 Å². The zero-order valence-corrected chi connectivity index (χ0v) is 23.8. The number of hydrogen-bond acceptors (Lipinski definition) is 6. The molecule has 32 heavy (non-hydrogen) atoms. The topological polar surface area (TPSA) is 96.4 Å². The van der Waals surface area contributed by atoms with Crippen LogP contribution in [-0.4, -0.2) is 76.7 Å². The number of amides is 2. The Bertz CT molecular complexity index is 494. The first-order chi connectivity index (χ1) is 14.0. The maximum absolute atomic E-state index is 11.6. The molecule has 0 bridgehead atoms. The predicted octanol–water partition coefficient (Wildman–Crippen LogP) is -0.176. The zero-order valence-electron chi connectivity index (χ0n) is 22.8. The van der Waals surface area contributed by atoms with E-state index in [2.05, 4.69) is 13.8 Å². The molecule has 4 atom stereocenters. The van der Waals surface area contributed by atoms with E-state index in [1.807, 2.05) is 13.8 Å². The summed E-state index contributed by atoms with van der Waals surface area (Å²) < 4.78 is 0. The van der Waals surface area contributed by atoms with Gasteiger partial charge in [0.1, 0.15) is 6.29 Å². The first-order valence-electron chi connectivity index (χ1n) is 10.7. The van der Waals surface area contributed by atoms with Gasteiger partial charge in [-0.3, -0.25) is 19.3 Å². The first kappa shape index (κ1) is 38.8. The summed E-state index contributed by atoms with van der Waals surface area (Å²) in [5.74, 6) is 0.754. The molecular weight excluding hydrogens is 422 g/mol. The molecule has 0 saturated heterocycles. The van der Waals surface area contributed by atoms with Gasteiger partial charge >= 0.3 is 29.6 Å². The van der Waals surface area contributed by atoms with Crippen LogP contribution in [0.15, 0.2) is 0 Å². The second-order valence-corrected chi connectivity index (χ2v) is 8.13. The van der Waals surface area contributed by atoms with Crippen molar-refractivity contribution < 1.29 is 60.1 Å². The molecule has 183 valence electrons. The van der Waals surface area contributed by atoms with Crippen molar-refractivity contribution in [2.45, 2.75) is 66.2 Å². The molecule has 0 aromatic heterocycles. The van der Waals surface area contributed by atoms with Crippen LogP contribution in [0.5, 0.6) is 0 Å². The smallest absolute Gasteiger partial charge is 1.00 e. The normalized spacial score (nSPS) is 13.7. The second-order valence-electron chi connectivity index (χ2n) is 8.13. The molecule has 0 rings (SSSR count). The molecule has 3 radical (unpaired) electrons. The van der Waals surface area contributed by atoms with Crippen LogP contribution in [0.4, 0.5) is 0 Å². The molecule has 0 aromatic carbocycles. The van der Waals surface area contributed by atoms with Gasteiger partial charge < -0.3 is 11.3 Å². The molecule has 0 heterocycles. The summed E-state index contributed by atoms with van der Waals surface area (Å²) in [4.78, 5) is 43.1. The van der Waals surface area contributed by atoms with Crippen molar-refractivity contribution in [1.29, 1.82) is 0 Å². The van der Waals surface area contributed by atoms with E-state index in [0.29, 0.717) is 18.3 Å². The summed E-state index contributed by atoms with van der Waals surface area (Å²) in [5, 5.41) is 11.2. The average molecular weight is 467 g/mol. The standard InChI is InChI=1S/C11H23NO3.C11H21NO3.B.Na.H/c2*1-9(6-5-7-13)8-10(2)11(14)12(3)15-4;;;/h9-10,13H,5-8H2,1-4H3;7,9-10H,5-6,8H2,1-4H3;;;/q;;;+1;-1/t2*9-,10?;;;/m11.../s1. The molecule has 0 aliphatic carbocycles. The van der Waals surface area contributed by atoms with Crippen molar-refractivity contribution in [3.05, 3.63) is 0 Å². The van der Waals surface area contributed by atoms with Gasteiger partial charge in [0.15, 0.2) is 0 Å². The summed E-state index contributed by atoms with van der Waals surface area (Å²) >= 11 is 0. The monoisotopic (exact) mass is 467 g/mol. The summed E-state index contributed by atoms with van der Waals surface area (Å²) in [6, 6.07) is 0. The molecule has 0 fully saturated rings. The Labute approximate surface area is 221 Å². The molecular formula is C22H45BN2NaO6. The first-order valence-corrected chi connectivity index (χ1v) is 10.7. The Morgan fingerprint density at radius 3 is 1.59 bits per heavy atom. The van der Waals surface area contributed by atoms with E-state index in [0.717, 1.165) is 38.4 Å². The van der Waals surface area contributed by atoms with Crippen molar-refractivity contribution in [2.24, 2.45) is 23.7 Å². The summed E-state index contributed by atoms with van der Waals surface area (Å²) in [6.45, 7) is 8.18. The van der Waals surface area contributed by atoms with Crippen LogP contribution in [0.3, 0.4) is 0 Å². The SMILES string of the molecule is CON(C)C(=O)C(C)C[C@H](C)CCC=O.CON(C)C(=O)C(C)C[C@H](C)CCCO.[B].[H-].[Na+]. The van der Waals surface area contributed by atoms with Crippen molar-refractivity contribution in [3.63, 3.8) is 0 Å². The predicted molar refractivity (Wildman–Crippen MR) is 124 cm³/mol. The number of rotatable bonds is 14. The van der Waals surface area contributed by atoms with E-state index in [1.165, 1.54) is 24.3 Å². The number of nitrogens with zero attached hydrogens (tertiary/aromatic N) is 2. The molecule has 0 saturated carbocycles. The molecule has 2 unspecified atom stereocenters. The van der Waals surface area contributed by atoms with E-state index in [4.69, 9.17) is 14.8 Å². The minimum atomic E-state index is -0.0587. The van der Waals surface area contributed by atoms with E-state index in [9.17, 15) is 14.4 Å². The van der Waals surface area contributed by atoms with Gasteiger partial charge in [0.25, 0.3) is 0 Å². The van der Waals surface area contributed by atoms with Crippen LogP contribution in [0, 0.1) is 23.7 Å². The van der Waals surface area contributed by atoms with Crippen LogP contribution >= 0.6 is 0 Å². The van der Waals surface area contributed by atoms with Crippen molar-refractivity contribution >= 4 is 26.5 Å². The largest absolute Gasteiger partial charge is 1.00 e. The van der Waals surface area contributed by atoms with Crippen LogP contribution in [0.1, 0.15) is 67.6 Å². The number of aliphatic hydroxyl groups is 1. The van der Waals surface area contributed by atoms with Crippen molar-refractivity contribution in [2.75, 3.05) is 34.9 Å².